The maximum Gasteiger partial charge on any atom is -0.0127 e. The van der Waals surface area contributed by atoms with Gasteiger partial charge in [-0.15, -0.1) is 0 Å². The van der Waals surface area contributed by atoms with Crippen LogP contribution in [0.2, 0.25) is 0 Å². The van der Waals surface area contributed by atoms with Gasteiger partial charge >= 0.3 is 0 Å². The predicted molar refractivity (Wildman–Crippen MR) is 41.3 cm³/mol. The summed E-state index contributed by atoms with van der Waals surface area (Å²) in [5.74, 6) is 0. The first-order valence-electron chi connectivity index (χ1n) is 3.47. The van der Waals surface area contributed by atoms with Crippen molar-refractivity contribution in [3.8, 4) is 0 Å². The lowest BCUT2D eigenvalue weighted by Crippen LogP contribution is -2.06. The van der Waals surface area contributed by atoms with Crippen molar-refractivity contribution in [2.75, 3.05) is 0 Å². The Morgan fingerprint density at radius 2 is 2.00 bits per heavy atom. The van der Waals surface area contributed by atoms with E-state index in [0.717, 1.165) is 6.42 Å². The standard InChI is InChI=1S/C9H14/c1-9(2,3)8-6-4-5-7-8/h4-6H,7H2,1-3H3. The van der Waals surface area contributed by atoms with Crippen LogP contribution < -0.4 is 0 Å². The van der Waals surface area contributed by atoms with E-state index in [2.05, 4.69) is 39.0 Å². The number of hydrogen-bond donors (Lipinski definition) is 0. The van der Waals surface area contributed by atoms with E-state index in [1.165, 1.54) is 0 Å². The van der Waals surface area contributed by atoms with Crippen LogP contribution in [0.4, 0.5) is 0 Å². The number of rotatable bonds is 0. The molecule has 0 fully saturated rings. The van der Waals surface area contributed by atoms with Gasteiger partial charge in [0, 0.05) is 0 Å². The Hall–Kier alpha value is -0.520. The fraction of sp³-hybridized carbons (Fsp3) is 0.556. The summed E-state index contributed by atoms with van der Waals surface area (Å²) in [4.78, 5) is 0. The summed E-state index contributed by atoms with van der Waals surface area (Å²) in [5.41, 5.74) is 1.92. The molecule has 0 N–H and O–H groups in total. The molecule has 0 atom stereocenters. The first kappa shape index (κ1) is 6.60. The Bertz CT molecular complexity index is 153. The van der Waals surface area contributed by atoms with Crippen molar-refractivity contribution in [2.45, 2.75) is 27.2 Å². The van der Waals surface area contributed by atoms with E-state index >= 15 is 0 Å². The van der Waals surface area contributed by atoms with Gasteiger partial charge in [-0.1, -0.05) is 44.6 Å². The number of hydrogen-bond acceptors (Lipinski definition) is 0. The first-order valence-corrected chi connectivity index (χ1v) is 3.47. The summed E-state index contributed by atoms with van der Waals surface area (Å²) >= 11 is 0. The molecular formula is C9H14. The summed E-state index contributed by atoms with van der Waals surface area (Å²) in [5, 5.41) is 0. The lowest BCUT2D eigenvalue weighted by molar-refractivity contribution is 0.496. The van der Waals surface area contributed by atoms with E-state index in [1.54, 1.807) is 5.57 Å². The van der Waals surface area contributed by atoms with E-state index in [-0.39, 0.29) is 0 Å². The normalized spacial score (nSPS) is 18.3. The second-order valence-electron chi connectivity index (χ2n) is 3.57. The van der Waals surface area contributed by atoms with Crippen molar-refractivity contribution in [3.63, 3.8) is 0 Å². The van der Waals surface area contributed by atoms with Crippen molar-refractivity contribution in [2.24, 2.45) is 5.41 Å². The van der Waals surface area contributed by atoms with Crippen LogP contribution in [0, 0.1) is 5.41 Å². The van der Waals surface area contributed by atoms with Crippen molar-refractivity contribution in [3.05, 3.63) is 23.8 Å². The highest BCUT2D eigenvalue weighted by Gasteiger charge is 2.16. The van der Waals surface area contributed by atoms with Gasteiger partial charge in [-0.05, 0) is 11.8 Å². The van der Waals surface area contributed by atoms with E-state index in [4.69, 9.17) is 0 Å². The topological polar surface area (TPSA) is 0 Å². The Kier molecular flexibility index (Phi) is 1.48. The average Bonchev–Trinajstić information content (AvgIpc) is 2.08. The molecule has 0 unspecified atom stereocenters. The summed E-state index contributed by atoms with van der Waals surface area (Å²) < 4.78 is 0. The minimum Gasteiger partial charge on any atom is -0.0804 e. The second kappa shape index (κ2) is 2.02. The lowest BCUT2D eigenvalue weighted by atomic mass is 9.86. The first-order chi connectivity index (χ1) is 4.11. The maximum atomic E-state index is 2.26. The van der Waals surface area contributed by atoms with Crippen LogP contribution in [0.5, 0.6) is 0 Å². The summed E-state index contributed by atoms with van der Waals surface area (Å²) in [6.45, 7) is 6.77. The SMILES string of the molecule is CC(C)(C)C1=CC=CC1. The molecule has 0 saturated heterocycles. The average molecular weight is 122 g/mol. The molecule has 0 saturated carbocycles. The zero-order chi connectivity index (χ0) is 6.91. The van der Waals surface area contributed by atoms with Crippen LogP contribution in [-0.2, 0) is 0 Å². The van der Waals surface area contributed by atoms with Gasteiger partial charge < -0.3 is 0 Å². The van der Waals surface area contributed by atoms with Gasteiger partial charge in [0.1, 0.15) is 0 Å². The number of allylic oxidation sites excluding steroid dienone is 4. The Balaban J connectivity index is 2.66. The van der Waals surface area contributed by atoms with Crippen LogP contribution in [0.25, 0.3) is 0 Å². The summed E-state index contributed by atoms with van der Waals surface area (Å²) in [6.07, 6.45) is 7.73. The molecule has 0 aromatic carbocycles. The molecule has 0 radical (unpaired) electrons. The van der Waals surface area contributed by atoms with Crippen molar-refractivity contribution >= 4 is 0 Å². The zero-order valence-electron chi connectivity index (χ0n) is 6.44. The minimum atomic E-state index is 0.378. The molecule has 1 rings (SSSR count). The van der Waals surface area contributed by atoms with Crippen molar-refractivity contribution in [1.82, 2.24) is 0 Å². The molecule has 0 spiro atoms. The van der Waals surface area contributed by atoms with Gasteiger partial charge in [0.2, 0.25) is 0 Å². The van der Waals surface area contributed by atoms with E-state index < -0.39 is 0 Å². The summed E-state index contributed by atoms with van der Waals surface area (Å²) in [6, 6.07) is 0. The third kappa shape index (κ3) is 1.44. The molecule has 0 nitrogen and oxygen atoms in total. The Morgan fingerprint density at radius 1 is 1.33 bits per heavy atom. The lowest BCUT2D eigenvalue weighted by Gasteiger charge is -2.19. The molecule has 50 valence electrons. The van der Waals surface area contributed by atoms with Crippen molar-refractivity contribution < 1.29 is 0 Å². The molecule has 9 heavy (non-hydrogen) atoms. The van der Waals surface area contributed by atoms with E-state index in [9.17, 15) is 0 Å². The third-order valence-corrected chi connectivity index (χ3v) is 1.73. The van der Waals surface area contributed by atoms with Gasteiger partial charge in [-0.2, -0.15) is 0 Å². The van der Waals surface area contributed by atoms with Gasteiger partial charge in [0.15, 0.2) is 0 Å². The van der Waals surface area contributed by atoms with Gasteiger partial charge in [0.05, 0.1) is 0 Å². The van der Waals surface area contributed by atoms with E-state index in [1.807, 2.05) is 0 Å². The molecule has 0 aromatic heterocycles. The molecule has 0 amide bonds. The highest BCUT2D eigenvalue weighted by molar-refractivity contribution is 5.26. The van der Waals surface area contributed by atoms with Gasteiger partial charge in [0.25, 0.3) is 0 Å². The quantitative estimate of drug-likeness (QED) is 0.463. The third-order valence-electron chi connectivity index (χ3n) is 1.73. The molecule has 0 heterocycles. The monoisotopic (exact) mass is 122 g/mol. The molecule has 1 aliphatic rings. The molecule has 1 aliphatic carbocycles. The maximum absolute atomic E-state index is 2.26. The largest absolute Gasteiger partial charge is 0.0804 e. The van der Waals surface area contributed by atoms with Gasteiger partial charge in [-0.25, -0.2) is 0 Å². The van der Waals surface area contributed by atoms with Crippen LogP contribution in [0.3, 0.4) is 0 Å². The fourth-order valence-electron chi connectivity index (χ4n) is 1.00. The van der Waals surface area contributed by atoms with E-state index in [0.29, 0.717) is 5.41 Å². The molecule has 0 heteroatoms. The highest BCUT2D eigenvalue weighted by Crippen LogP contribution is 2.30. The smallest absolute Gasteiger partial charge is 0.0127 e. The van der Waals surface area contributed by atoms with Crippen molar-refractivity contribution in [1.29, 1.82) is 0 Å². The molecular weight excluding hydrogens is 108 g/mol. The fourth-order valence-corrected chi connectivity index (χ4v) is 1.00. The van der Waals surface area contributed by atoms with Crippen LogP contribution in [0.1, 0.15) is 27.2 Å². The van der Waals surface area contributed by atoms with Crippen LogP contribution in [-0.4, -0.2) is 0 Å². The Morgan fingerprint density at radius 3 is 2.22 bits per heavy atom. The molecule has 0 aliphatic heterocycles. The van der Waals surface area contributed by atoms with Crippen LogP contribution in [0.15, 0.2) is 23.8 Å². The predicted octanol–water partition coefficient (Wildman–Crippen LogP) is 2.92. The minimum absolute atomic E-state index is 0.378. The second-order valence-corrected chi connectivity index (χ2v) is 3.57. The zero-order valence-corrected chi connectivity index (χ0v) is 6.44. The Labute approximate surface area is 57.3 Å². The van der Waals surface area contributed by atoms with Gasteiger partial charge in [-0.3, -0.25) is 0 Å². The molecule has 0 bridgehead atoms. The van der Waals surface area contributed by atoms with Crippen LogP contribution >= 0.6 is 0 Å². The molecule has 0 aromatic rings. The summed E-state index contributed by atoms with van der Waals surface area (Å²) in [7, 11) is 0. The highest BCUT2D eigenvalue weighted by atomic mass is 14.2.